The number of anilines is 1. The molecule has 0 radical (unpaired) electrons. The van der Waals surface area contributed by atoms with Crippen molar-refractivity contribution in [3.8, 4) is 0 Å². The van der Waals surface area contributed by atoms with Gasteiger partial charge in [-0.1, -0.05) is 25.5 Å². The Morgan fingerprint density at radius 2 is 1.86 bits per heavy atom. The normalized spacial score (nSPS) is 11.3. The van der Waals surface area contributed by atoms with E-state index in [-0.39, 0.29) is 10.8 Å². The molecule has 0 atom stereocenters. The average Bonchev–Trinajstić information content (AvgIpc) is 2.45. The van der Waals surface area contributed by atoms with Gasteiger partial charge in [-0.2, -0.15) is 0 Å². The van der Waals surface area contributed by atoms with Crippen molar-refractivity contribution in [2.24, 2.45) is 0 Å². The number of sulfonamides is 1. The number of rotatable bonds is 6. The summed E-state index contributed by atoms with van der Waals surface area (Å²) in [5.74, 6) is 0.0880. The summed E-state index contributed by atoms with van der Waals surface area (Å²) in [5.41, 5.74) is 1.85. The van der Waals surface area contributed by atoms with Gasteiger partial charge in [0.25, 0.3) is 10.0 Å². The lowest BCUT2D eigenvalue weighted by molar-refractivity contribution is 0.600. The highest BCUT2D eigenvalue weighted by molar-refractivity contribution is 7.92. The number of unbranched alkanes of at least 4 members (excludes halogenated alkanes) is 1. The first kappa shape index (κ1) is 15.4. The minimum atomic E-state index is -3.64. The summed E-state index contributed by atoms with van der Waals surface area (Å²) in [6.45, 7) is 3.91. The summed E-state index contributed by atoms with van der Waals surface area (Å²) in [6, 6.07) is 8.63. The molecule has 2 rings (SSSR count). The van der Waals surface area contributed by atoms with E-state index in [1.807, 2.05) is 12.1 Å². The van der Waals surface area contributed by atoms with Crippen LogP contribution in [0, 0.1) is 6.92 Å². The second kappa shape index (κ2) is 6.67. The fourth-order valence-electron chi connectivity index (χ4n) is 1.89. The fourth-order valence-corrected chi connectivity index (χ4v) is 2.84. The number of aromatic nitrogens is 2. The van der Waals surface area contributed by atoms with Crippen LogP contribution < -0.4 is 4.72 Å². The van der Waals surface area contributed by atoms with E-state index in [0.29, 0.717) is 5.69 Å². The maximum absolute atomic E-state index is 12.2. The van der Waals surface area contributed by atoms with Crippen molar-refractivity contribution < 1.29 is 8.42 Å². The Hall–Kier alpha value is -1.95. The van der Waals surface area contributed by atoms with Gasteiger partial charge in [0.05, 0.1) is 4.90 Å². The molecule has 0 fully saturated rings. The van der Waals surface area contributed by atoms with Crippen LogP contribution in [0.4, 0.5) is 5.95 Å². The smallest absolute Gasteiger partial charge is 0.247 e. The van der Waals surface area contributed by atoms with Crippen LogP contribution in [-0.4, -0.2) is 18.4 Å². The van der Waals surface area contributed by atoms with E-state index < -0.39 is 10.0 Å². The third kappa shape index (κ3) is 4.26. The molecule has 0 spiro atoms. The zero-order valence-electron chi connectivity index (χ0n) is 12.2. The molecule has 0 saturated heterocycles. The summed E-state index contributed by atoms with van der Waals surface area (Å²) in [7, 11) is -3.64. The summed E-state index contributed by atoms with van der Waals surface area (Å²) in [6.07, 6.45) is 4.70. The van der Waals surface area contributed by atoms with E-state index in [9.17, 15) is 8.42 Å². The van der Waals surface area contributed by atoms with Gasteiger partial charge in [-0.15, -0.1) is 0 Å². The maximum Gasteiger partial charge on any atom is 0.264 e. The second-order valence-electron chi connectivity index (χ2n) is 4.87. The molecule has 0 aliphatic heterocycles. The van der Waals surface area contributed by atoms with Gasteiger partial charge in [-0.3, -0.25) is 0 Å². The zero-order valence-corrected chi connectivity index (χ0v) is 13.0. The molecule has 0 aliphatic rings. The third-order valence-corrected chi connectivity index (χ3v) is 4.42. The molecular formula is C15H19N3O2S. The summed E-state index contributed by atoms with van der Waals surface area (Å²) >= 11 is 0. The van der Waals surface area contributed by atoms with E-state index in [1.165, 1.54) is 6.20 Å². The lowest BCUT2D eigenvalue weighted by atomic mass is 10.1. The van der Waals surface area contributed by atoms with Crippen LogP contribution in [0.15, 0.2) is 41.4 Å². The van der Waals surface area contributed by atoms with Crippen LogP contribution in [0.25, 0.3) is 0 Å². The van der Waals surface area contributed by atoms with Crippen molar-refractivity contribution in [2.45, 2.75) is 38.0 Å². The van der Waals surface area contributed by atoms with Gasteiger partial charge in [-0.05, 0) is 43.5 Å². The Morgan fingerprint density at radius 3 is 2.48 bits per heavy atom. The predicted octanol–water partition coefficient (Wildman–Crippen LogP) is 2.93. The van der Waals surface area contributed by atoms with Crippen LogP contribution >= 0.6 is 0 Å². The molecule has 0 bridgehead atoms. The Kier molecular flexibility index (Phi) is 4.90. The predicted molar refractivity (Wildman–Crippen MR) is 82.6 cm³/mol. The molecule has 1 N–H and O–H groups in total. The number of benzene rings is 1. The molecular weight excluding hydrogens is 286 g/mol. The molecule has 0 saturated carbocycles. The summed E-state index contributed by atoms with van der Waals surface area (Å²) in [5, 5.41) is 0. The molecule has 112 valence electrons. The molecule has 2 aromatic rings. The first-order valence-electron chi connectivity index (χ1n) is 6.92. The van der Waals surface area contributed by atoms with E-state index in [2.05, 4.69) is 21.6 Å². The Morgan fingerprint density at radius 1 is 1.14 bits per heavy atom. The van der Waals surface area contributed by atoms with Crippen molar-refractivity contribution in [3.63, 3.8) is 0 Å². The Labute approximate surface area is 125 Å². The average molecular weight is 305 g/mol. The van der Waals surface area contributed by atoms with Crippen molar-refractivity contribution >= 4 is 16.0 Å². The lowest BCUT2D eigenvalue weighted by Crippen LogP contribution is -2.15. The SMILES string of the molecule is CCCCc1ccc(S(=O)(=O)Nc2nccc(C)n2)cc1. The monoisotopic (exact) mass is 305 g/mol. The van der Waals surface area contributed by atoms with E-state index in [1.54, 1.807) is 25.1 Å². The zero-order chi connectivity index (χ0) is 15.3. The largest absolute Gasteiger partial charge is 0.264 e. The third-order valence-electron chi connectivity index (χ3n) is 3.07. The number of nitrogens with one attached hydrogen (secondary N) is 1. The van der Waals surface area contributed by atoms with Crippen molar-refractivity contribution in [1.82, 2.24) is 9.97 Å². The molecule has 0 aliphatic carbocycles. The number of hydrogen-bond donors (Lipinski definition) is 1. The molecule has 21 heavy (non-hydrogen) atoms. The molecule has 5 nitrogen and oxygen atoms in total. The molecule has 1 aromatic heterocycles. The van der Waals surface area contributed by atoms with Crippen LogP contribution in [0.5, 0.6) is 0 Å². The fraction of sp³-hybridized carbons (Fsp3) is 0.333. The van der Waals surface area contributed by atoms with E-state index in [0.717, 1.165) is 24.8 Å². The minimum absolute atomic E-state index is 0.0880. The molecule has 0 unspecified atom stereocenters. The number of hydrogen-bond acceptors (Lipinski definition) is 4. The van der Waals surface area contributed by atoms with Crippen LogP contribution in [0.3, 0.4) is 0 Å². The van der Waals surface area contributed by atoms with Gasteiger partial charge in [0.2, 0.25) is 5.95 Å². The lowest BCUT2D eigenvalue weighted by Gasteiger charge is -2.07. The standard InChI is InChI=1S/C15H19N3O2S/c1-3-4-5-13-6-8-14(9-7-13)21(19,20)18-15-16-11-10-12(2)17-15/h6-11H,3-5H2,1-2H3,(H,16,17,18). The molecule has 0 amide bonds. The van der Waals surface area contributed by atoms with Gasteiger partial charge in [0.15, 0.2) is 0 Å². The highest BCUT2D eigenvalue weighted by atomic mass is 32.2. The van der Waals surface area contributed by atoms with Gasteiger partial charge in [0, 0.05) is 11.9 Å². The number of aryl methyl sites for hydroxylation is 2. The van der Waals surface area contributed by atoms with E-state index >= 15 is 0 Å². The van der Waals surface area contributed by atoms with Gasteiger partial charge >= 0.3 is 0 Å². The Bertz CT molecular complexity index is 697. The molecule has 1 heterocycles. The molecule has 1 aromatic carbocycles. The minimum Gasteiger partial charge on any atom is -0.247 e. The topological polar surface area (TPSA) is 72.0 Å². The van der Waals surface area contributed by atoms with Gasteiger partial charge in [0.1, 0.15) is 0 Å². The van der Waals surface area contributed by atoms with Gasteiger partial charge < -0.3 is 0 Å². The van der Waals surface area contributed by atoms with Crippen molar-refractivity contribution in [1.29, 1.82) is 0 Å². The summed E-state index contributed by atoms with van der Waals surface area (Å²) < 4.78 is 26.9. The van der Waals surface area contributed by atoms with Crippen LogP contribution in [0.2, 0.25) is 0 Å². The van der Waals surface area contributed by atoms with Crippen molar-refractivity contribution in [3.05, 3.63) is 47.8 Å². The quantitative estimate of drug-likeness (QED) is 0.890. The first-order valence-corrected chi connectivity index (χ1v) is 8.41. The Balaban J connectivity index is 2.15. The maximum atomic E-state index is 12.2. The second-order valence-corrected chi connectivity index (χ2v) is 6.56. The summed E-state index contributed by atoms with van der Waals surface area (Å²) in [4.78, 5) is 8.16. The van der Waals surface area contributed by atoms with E-state index in [4.69, 9.17) is 0 Å². The van der Waals surface area contributed by atoms with Gasteiger partial charge in [-0.25, -0.2) is 23.1 Å². The highest BCUT2D eigenvalue weighted by Gasteiger charge is 2.15. The molecule has 6 heteroatoms. The van der Waals surface area contributed by atoms with Crippen LogP contribution in [0.1, 0.15) is 31.0 Å². The van der Waals surface area contributed by atoms with Crippen LogP contribution in [-0.2, 0) is 16.4 Å². The first-order chi connectivity index (χ1) is 10.0. The highest BCUT2D eigenvalue weighted by Crippen LogP contribution is 2.15. The number of nitrogens with zero attached hydrogens (tertiary/aromatic N) is 2. The van der Waals surface area contributed by atoms with Crippen molar-refractivity contribution in [2.75, 3.05) is 4.72 Å².